The van der Waals surface area contributed by atoms with Gasteiger partial charge in [0.05, 0.1) is 5.69 Å². The molecule has 6 nitrogen and oxygen atoms in total. The van der Waals surface area contributed by atoms with E-state index in [-0.39, 0.29) is 11.8 Å². The number of nitrogens with two attached hydrogens (primary N) is 1. The lowest BCUT2D eigenvalue weighted by molar-refractivity contribution is 0.489. The van der Waals surface area contributed by atoms with Crippen molar-refractivity contribution in [2.75, 3.05) is 0 Å². The summed E-state index contributed by atoms with van der Waals surface area (Å²) in [5.74, 6) is -4.11. The summed E-state index contributed by atoms with van der Waals surface area (Å²) in [6, 6.07) is 2.23. The summed E-state index contributed by atoms with van der Waals surface area (Å²) in [7, 11) is -4.45. The van der Waals surface area contributed by atoms with Crippen LogP contribution in [0.5, 0.6) is 0 Å². The second kappa shape index (κ2) is 4.87. The lowest BCUT2D eigenvalue weighted by Crippen LogP contribution is -2.19. The number of nitrogens with zero attached hydrogens (tertiary/aromatic N) is 3. The third-order valence-corrected chi connectivity index (χ3v) is 3.53. The Balaban J connectivity index is 2.90. The van der Waals surface area contributed by atoms with Gasteiger partial charge in [-0.15, -0.1) is 0 Å². The van der Waals surface area contributed by atoms with E-state index in [1.165, 1.54) is 6.92 Å². The van der Waals surface area contributed by atoms with Gasteiger partial charge in [-0.2, -0.15) is 10.4 Å². The molecule has 0 aliphatic rings. The molecule has 1 aromatic heterocycles. The summed E-state index contributed by atoms with van der Waals surface area (Å²) in [6.45, 7) is 1.29. The van der Waals surface area contributed by atoms with E-state index in [0.717, 1.165) is 0 Å². The van der Waals surface area contributed by atoms with Crippen molar-refractivity contribution < 1.29 is 21.6 Å². The summed E-state index contributed by atoms with van der Waals surface area (Å²) in [5.41, 5.74) is -1.13. The third kappa shape index (κ3) is 2.48. The highest BCUT2D eigenvalue weighted by Crippen LogP contribution is 2.24. The number of nitriles is 1. The molecule has 0 atom stereocenters. The zero-order chi connectivity index (χ0) is 15.9. The molecule has 0 amide bonds. The van der Waals surface area contributed by atoms with Crippen molar-refractivity contribution in [2.24, 2.45) is 5.14 Å². The molecule has 2 aromatic rings. The molecule has 1 heterocycles. The normalized spacial score (nSPS) is 11.4. The topological polar surface area (TPSA) is 102 Å². The predicted molar refractivity (Wildman–Crippen MR) is 64.3 cm³/mol. The van der Waals surface area contributed by atoms with Crippen LogP contribution in [-0.4, -0.2) is 18.2 Å². The first kappa shape index (κ1) is 15.0. The van der Waals surface area contributed by atoms with E-state index in [2.05, 4.69) is 5.10 Å². The number of hydrogen-bond acceptors (Lipinski definition) is 4. The van der Waals surface area contributed by atoms with Crippen LogP contribution in [0.3, 0.4) is 0 Å². The van der Waals surface area contributed by atoms with Gasteiger partial charge in [0.25, 0.3) is 10.0 Å². The summed E-state index contributed by atoms with van der Waals surface area (Å²) in [4.78, 5) is 0. The Morgan fingerprint density at radius 1 is 1.24 bits per heavy atom. The van der Waals surface area contributed by atoms with Crippen LogP contribution in [0.15, 0.2) is 17.2 Å². The Morgan fingerprint density at radius 3 is 2.33 bits per heavy atom. The molecular weight excluding hydrogens is 309 g/mol. The Morgan fingerprint density at radius 2 is 1.81 bits per heavy atom. The van der Waals surface area contributed by atoms with E-state index >= 15 is 0 Å². The smallest absolute Gasteiger partial charge is 0.223 e. The first-order chi connectivity index (χ1) is 9.66. The van der Waals surface area contributed by atoms with Crippen LogP contribution in [0, 0.1) is 35.7 Å². The fourth-order valence-electron chi connectivity index (χ4n) is 1.74. The SMILES string of the molecule is Cc1nn(-c2cc(F)c(F)cc2F)c(S(N)(=O)=O)c1C#N. The van der Waals surface area contributed by atoms with Crippen molar-refractivity contribution in [3.63, 3.8) is 0 Å². The highest BCUT2D eigenvalue weighted by atomic mass is 32.2. The fraction of sp³-hybridized carbons (Fsp3) is 0.0909. The zero-order valence-electron chi connectivity index (χ0n) is 10.4. The molecule has 0 saturated heterocycles. The van der Waals surface area contributed by atoms with Gasteiger partial charge in [0, 0.05) is 12.1 Å². The number of hydrogen-bond donors (Lipinski definition) is 1. The standard InChI is InChI=1S/C11H7F3N4O2S/c1-5-6(4-15)11(21(16,19)20)18(17-5)10-3-8(13)7(12)2-9(10)14/h2-3H,1H3,(H2,16,19,20). The van der Waals surface area contributed by atoms with Crippen LogP contribution in [0.4, 0.5) is 13.2 Å². The molecule has 0 spiro atoms. The summed E-state index contributed by atoms with van der Waals surface area (Å²) < 4.78 is 63.5. The molecule has 0 aliphatic carbocycles. The van der Waals surface area contributed by atoms with Crippen LogP contribution in [0.25, 0.3) is 5.69 Å². The number of benzene rings is 1. The lowest BCUT2D eigenvalue weighted by Gasteiger charge is -2.07. The Bertz CT molecular complexity index is 884. The van der Waals surface area contributed by atoms with Crippen LogP contribution in [-0.2, 0) is 10.0 Å². The van der Waals surface area contributed by atoms with E-state index in [1.54, 1.807) is 6.07 Å². The quantitative estimate of drug-likeness (QED) is 0.839. The number of primary sulfonamides is 1. The number of rotatable bonds is 2. The van der Waals surface area contributed by atoms with E-state index in [9.17, 15) is 21.6 Å². The number of sulfonamides is 1. The summed E-state index contributed by atoms with van der Waals surface area (Å²) in [6.07, 6.45) is 0. The van der Waals surface area contributed by atoms with Gasteiger partial charge < -0.3 is 0 Å². The molecule has 0 aliphatic heterocycles. The van der Waals surface area contributed by atoms with Gasteiger partial charge in [0.1, 0.15) is 17.3 Å². The second-order valence-corrected chi connectivity index (χ2v) is 5.53. The molecule has 0 bridgehead atoms. The minimum Gasteiger partial charge on any atom is -0.223 e. The average molecular weight is 316 g/mol. The predicted octanol–water partition coefficient (Wildman–Crippen LogP) is 1.12. The fourth-order valence-corrected chi connectivity index (χ4v) is 2.59. The molecule has 2 rings (SSSR count). The lowest BCUT2D eigenvalue weighted by atomic mass is 10.2. The van der Waals surface area contributed by atoms with E-state index in [0.29, 0.717) is 10.7 Å². The van der Waals surface area contributed by atoms with Crippen LogP contribution < -0.4 is 5.14 Å². The molecule has 0 radical (unpaired) electrons. The van der Waals surface area contributed by atoms with Crippen molar-refractivity contribution >= 4 is 10.0 Å². The van der Waals surface area contributed by atoms with Crippen LogP contribution in [0.2, 0.25) is 0 Å². The molecule has 0 fully saturated rings. The second-order valence-electron chi connectivity index (χ2n) is 4.05. The van der Waals surface area contributed by atoms with Gasteiger partial charge in [-0.3, -0.25) is 0 Å². The Hall–Kier alpha value is -2.38. The number of aromatic nitrogens is 2. The summed E-state index contributed by atoms with van der Waals surface area (Å²) >= 11 is 0. The molecule has 10 heteroatoms. The molecule has 21 heavy (non-hydrogen) atoms. The van der Waals surface area contributed by atoms with Gasteiger partial charge in [-0.1, -0.05) is 0 Å². The first-order valence-corrected chi connectivity index (χ1v) is 6.89. The van der Waals surface area contributed by atoms with Gasteiger partial charge in [-0.05, 0) is 6.92 Å². The molecule has 110 valence electrons. The molecule has 1 aromatic carbocycles. The average Bonchev–Trinajstić information content (AvgIpc) is 2.70. The minimum absolute atomic E-state index is 0.0503. The number of aryl methyl sites for hydroxylation is 1. The van der Waals surface area contributed by atoms with E-state index in [4.69, 9.17) is 10.4 Å². The monoisotopic (exact) mass is 316 g/mol. The van der Waals surface area contributed by atoms with E-state index < -0.39 is 43.8 Å². The van der Waals surface area contributed by atoms with Gasteiger partial charge in [-0.25, -0.2) is 31.4 Å². The van der Waals surface area contributed by atoms with Gasteiger partial charge in [0.15, 0.2) is 22.5 Å². The maximum Gasteiger partial charge on any atom is 0.257 e. The van der Waals surface area contributed by atoms with Crippen LogP contribution >= 0.6 is 0 Å². The highest BCUT2D eigenvalue weighted by molar-refractivity contribution is 7.89. The van der Waals surface area contributed by atoms with Crippen molar-refractivity contribution in [2.45, 2.75) is 11.9 Å². The molecule has 0 unspecified atom stereocenters. The maximum absolute atomic E-state index is 13.7. The van der Waals surface area contributed by atoms with Gasteiger partial charge >= 0.3 is 0 Å². The minimum atomic E-state index is -4.45. The Labute approximate surface area is 117 Å². The van der Waals surface area contributed by atoms with E-state index in [1.807, 2.05) is 0 Å². The van der Waals surface area contributed by atoms with Crippen molar-refractivity contribution in [3.05, 3.63) is 40.8 Å². The van der Waals surface area contributed by atoms with Gasteiger partial charge in [0.2, 0.25) is 0 Å². The third-order valence-electron chi connectivity index (χ3n) is 2.62. The Kier molecular flexibility index (Phi) is 3.48. The van der Waals surface area contributed by atoms with Crippen molar-refractivity contribution in [1.29, 1.82) is 5.26 Å². The molecular formula is C11H7F3N4O2S. The van der Waals surface area contributed by atoms with Crippen molar-refractivity contribution in [1.82, 2.24) is 9.78 Å². The summed E-state index contributed by atoms with van der Waals surface area (Å²) in [5, 5.41) is 16.8. The molecule has 0 saturated carbocycles. The largest absolute Gasteiger partial charge is 0.257 e. The number of halogens is 3. The zero-order valence-corrected chi connectivity index (χ0v) is 11.2. The highest BCUT2D eigenvalue weighted by Gasteiger charge is 2.27. The first-order valence-electron chi connectivity index (χ1n) is 5.34. The molecule has 2 N–H and O–H groups in total. The van der Waals surface area contributed by atoms with Crippen LogP contribution in [0.1, 0.15) is 11.3 Å². The maximum atomic E-state index is 13.7. The van der Waals surface area contributed by atoms with Crippen molar-refractivity contribution in [3.8, 4) is 11.8 Å².